The third kappa shape index (κ3) is 3.51. The number of aromatic amines is 1. The minimum Gasteiger partial charge on any atom is -0.466 e. The summed E-state index contributed by atoms with van der Waals surface area (Å²) in [4.78, 5) is 26.1. The van der Waals surface area contributed by atoms with Crippen molar-refractivity contribution in [2.75, 3.05) is 32.5 Å². The number of nitrogens with zero attached hydrogens (tertiary/aromatic N) is 2. The molecule has 0 bridgehead atoms. The quantitative estimate of drug-likeness (QED) is 0.792. The number of methoxy groups -OCH3 is 2. The van der Waals surface area contributed by atoms with Gasteiger partial charge >= 0.3 is 11.9 Å². The molecule has 0 unspecified atom stereocenters. The molecule has 2 aliphatic rings. The molecular weight excluding hydrogens is 374 g/mol. The summed E-state index contributed by atoms with van der Waals surface area (Å²) in [6.45, 7) is 0.118. The second-order valence-corrected chi connectivity index (χ2v) is 7.00. The van der Waals surface area contributed by atoms with Crippen molar-refractivity contribution >= 4 is 17.6 Å². The predicted octanol–water partition coefficient (Wildman–Crippen LogP) is 2.35. The average Bonchev–Trinajstić information content (AvgIpc) is 3.22. The van der Waals surface area contributed by atoms with Crippen LogP contribution in [0, 0.1) is 0 Å². The van der Waals surface area contributed by atoms with E-state index in [4.69, 9.17) is 14.2 Å². The molecule has 0 fully saturated rings. The number of H-pyrrole nitrogens is 1. The van der Waals surface area contributed by atoms with Gasteiger partial charge in [0.25, 0.3) is 0 Å². The van der Waals surface area contributed by atoms with Crippen molar-refractivity contribution in [1.29, 1.82) is 0 Å². The molecule has 0 spiro atoms. The highest BCUT2D eigenvalue weighted by Gasteiger charge is 2.32. The van der Waals surface area contributed by atoms with E-state index in [1.54, 1.807) is 4.90 Å². The van der Waals surface area contributed by atoms with Crippen molar-refractivity contribution in [3.05, 3.63) is 46.8 Å². The molecule has 1 aromatic carbocycles. The molecule has 1 aromatic heterocycles. The van der Waals surface area contributed by atoms with Crippen molar-refractivity contribution in [3.8, 4) is 11.3 Å². The molecule has 152 valence electrons. The summed E-state index contributed by atoms with van der Waals surface area (Å²) in [6, 6.07) is 7.68. The first kappa shape index (κ1) is 19.2. The third-order valence-electron chi connectivity index (χ3n) is 5.34. The van der Waals surface area contributed by atoms with E-state index in [0.29, 0.717) is 5.69 Å². The van der Waals surface area contributed by atoms with Crippen molar-refractivity contribution in [2.45, 2.75) is 25.7 Å². The summed E-state index contributed by atoms with van der Waals surface area (Å²) in [5.74, 6) is -1.23. The van der Waals surface area contributed by atoms with Gasteiger partial charge in [0.15, 0.2) is 0 Å². The Morgan fingerprint density at radius 3 is 2.52 bits per heavy atom. The number of hydrogen-bond donors (Lipinski definition) is 1. The molecule has 0 atom stereocenters. The SMILES string of the molecule is COC(=O)C1=C(C(=O)OC)N(c2ccc(-c3n[nH]c4c3CCCC4)cc2)COC1. The van der Waals surface area contributed by atoms with E-state index in [2.05, 4.69) is 10.2 Å². The average molecular weight is 397 g/mol. The number of fused-ring (bicyclic) bond motifs is 1. The van der Waals surface area contributed by atoms with E-state index in [-0.39, 0.29) is 24.6 Å². The number of ether oxygens (including phenoxy) is 3. The van der Waals surface area contributed by atoms with Gasteiger partial charge in [-0.2, -0.15) is 5.10 Å². The topological polar surface area (TPSA) is 93.8 Å². The van der Waals surface area contributed by atoms with Gasteiger partial charge in [0.05, 0.1) is 32.1 Å². The normalized spacial score (nSPS) is 16.4. The zero-order valence-electron chi connectivity index (χ0n) is 16.5. The molecule has 4 rings (SSSR count). The van der Waals surface area contributed by atoms with Crippen LogP contribution in [-0.4, -0.2) is 49.7 Å². The lowest BCUT2D eigenvalue weighted by Crippen LogP contribution is -2.38. The van der Waals surface area contributed by atoms with Gasteiger partial charge in [0.2, 0.25) is 0 Å². The van der Waals surface area contributed by atoms with Crippen molar-refractivity contribution in [3.63, 3.8) is 0 Å². The number of aryl methyl sites for hydroxylation is 1. The van der Waals surface area contributed by atoms with Gasteiger partial charge in [-0.3, -0.25) is 5.10 Å². The number of hydrogen-bond acceptors (Lipinski definition) is 7. The van der Waals surface area contributed by atoms with E-state index < -0.39 is 11.9 Å². The zero-order valence-corrected chi connectivity index (χ0v) is 16.5. The molecule has 1 N–H and O–H groups in total. The molecule has 8 heteroatoms. The van der Waals surface area contributed by atoms with E-state index in [9.17, 15) is 9.59 Å². The van der Waals surface area contributed by atoms with E-state index >= 15 is 0 Å². The van der Waals surface area contributed by atoms with Crippen LogP contribution in [0.5, 0.6) is 0 Å². The highest BCUT2D eigenvalue weighted by Crippen LogP contribution is 2.32. The van der Waals surface area contributed by atoms with E-state index in [1.807, 2.05) is 24.3 Å². The van der Waals surface area contributed by atoms with Crippen LogP contribution in [0.25, 0.3) is 11.3 Å². The lowest BCUT2D eigenvalue weighted by Gasteiger charge is -2.31. The summed E-state index contributed by atoms with van der Waals surface area (Å²) in [6.07, 6.45) is 4.43. The molecular formula is C21H23N3O5. The van der Waals surface area contributed by atoms with Gasteiger partial charge < -0.3 is 19.1 Å². The monoisotopic (exact) mass is 397 g/mol. The highest BCUT2D eigenvalue weighted by atomic mass is 16.5. The fraction of sp³-hybridized carbons (Fsp3) is 0.381. The van der Waals surface area contributed by atoms with Gasteiger partial charge in [-0.15, -0.1) is 0 Å². The largest absolute Gasteiger partial charge is 0.466 e. The van der Waals surface area contributed by atoms with Crippen LogP contribution in [0.3, 0.4) is 0 Å². The van der Waals surface area contributed by atoms with Crippen molar-refractivity contribution < 1.29 is 23.8 Å². The van der Waals surface area contributed by atoms with E-state index in [0.717, 1.165) is 24.1 Å². The Labute approximate surface area is 168 Å². The van der Waals surface area contributed by atoms with Crippen LogP contribution in [0.1, 0.15) is 24.1 Å². The number of carbonyl (C=O) groups is 2. The van der Waals surface area contributed by atoms with Crippen molar-refractivity contribution in [1.82, 2.24) is 10.2 Å². The second kappa shape index (κ2) is 8.08. The fourth-order valence-electron chi connectivity index (χ4n) is 3.87. The molecule has 1 aliphatic heterocycles. The highest BCUT2D eigenvalue weighted by molar-refractivity contribution is 6.03. The molecule has 2 aromatic rings. The molecule has 29 heavy (non-hydrogen) atoms. The number of rotatable bonds is 4. The molecule has 0 radical (unpaired) electrons. The standard InChI is InChI=1S/C21H23N3O5/c1-27-20(25)16-11-29-12-24(19(16)21(26)28-2)14-9-7-13(8-10-14)18-15-5-3-4-6-17(15)22-23-18/h7-10H,3-6,11-12H2,1-2H3,(H,22,23). The third-order valence-corrected chi connectivity index (χ3v) is 5.34. The van der Waals surface area contributed by atoms with Crippen LogP contribution < -0.4 is 4.90 Å². The molecule has 0 saturated carbocycles. The van der Waals surface area contributed by atoms with Gasteiger partial charge in [0.1, 0.15) is 12.4 Å². The molecule has 8 nitrogen and oxygen atoms in total. The smallest absolute Gasteiger partial charge is 0.355 e. The maximum Gasteiger partial charge on any atom is 0.355 e. The number of benzene rings is 1. The minimum atomic E-state index is -0.616. The van der Waals surface area contributed by atoms with Gasteiger partial charge in [-0.25, -0.2) is 9.59 Å². The van der Waals surface area contributed by atoms with Crippen LogP contribution in [0.15, 0.2) is 35.5 Å². The van der Waals surface area contributed by atoms with Gasteiger partial charge in [-0.05, 0) is 37.8 Å². The van der Waals surface area contributed by atoms with Crippen LogP contribution >= 0.6 is 0 Å². The summed E-state index contributed by atoms with van der Waals surface area (Å²) >= 11 is 0. The lowest BCUT2D eigenvalue weighted by molar-refractivity contribution is -0.140. The lowest BCUT2D eigenvalue weighted by atomic mass is 9.93. The summed E-state index contributed by atoms with van der Waals surface area (Å²) in [5.41, 5.74) is 5.46. The minimum absolute atomic E-state index is 0.00883. The van der Waals surface area contributed by atoms with Crippen LogP contribution in [0.4, 0.5) is 5.69 Å². The summed E-state index contributed by atoms with van der Waals surface area (Å²) in [5, 5.41) is 7.66. The summed E-state index contributed by atoms with van der Waals surface area (Å²) in [7, 11) is 2.55. The Morgan fingerprint density at radius 2 is 1.79 bits per heavy atom. The summed E-state index contributed by atoms with van der Waals surface area (Å²) < 4.78 is 15.2. The Kier molecular flexibility index (Phi) is 5.35. The molecule has 0 amide bonds. The first-order valence-corrected chi connectivity index (χ1v) is 9.55. The molecule has 1 aliphatic carbocycles. The predicted molar refractivity (Wildman–Crippen MR) is 105 cm³/mol. The maximum atomic E-state index is 12.4. The Bertz CT molecular complexity index is 961. The maximum absolute atomic E-state index is 12.4. The number of nitrogens with one attached hydrogen (secondary N) is 1. The van der Waals surface area contributed by atoms with Gasteiger partial charge in [-0.1, -0.05) is 12.1 Å². The molecule has 2 heterocycles. The molecule has 0 saturated heterocycles. The number of anilines is 1. The number of esters is 2. The number of carbonyl (C=O) groups excluding carboxylic acids is 2. The van der Waals surface area contributed by atoms with Crippen molar-refractivity contribution in [2.24, 2.45) is 0 Å². The van der Waals surface area contributed by atoms with E-state index in [1.165, 1.54) is 38.3 Å². The first-order valence-electron chi connectivity index (χ1n) is 9.55. The van der Waals surface area contributed by atoms with Crippen LogP contribution in [-0.2, 0) is 36.6 Å². The Balaban J connectivity index is 1.68. The zero-order chi connectivity index (χ0) is 20.4. The fourth-order valence-corrected chi connectivity index (χ4v) is 3.87. The Morgan fingerprint density at radius 1 is 1.07 bits per heavy atom. The first-order chi connectivity index (χ1) is 14.1. The second-order valence-electron chi connectivity index (χ2n) is 7.00. The Hall–Kier alpha value is -3.13. The van der Waals surface area contributed by atoms with Crippen LogP contribution in [0.2, 0.25) is 0 Å². The number of aromatic nitrogens is 2. The van der Waals surface area contributed by atoms with Gasteiger partial charge in [0, 0.05) is 22.5 Å².